The monoisotopic (exact) mass is 466 g/mol. The van der Waals surface area contributed by atoms with Crippen LogP contribution in [0.5, 0.6) is 0 Å². The second-order valence-electron chi connectivity index (χ2n) is 9.10. The van der Waals surface area contributed by atoms with Crippen LogP contribution in [-0.4, -0.2) is 91.0 Å². The van der Waals surface area contributed by atoms with Crippen LogP contribution in [0, 0.1) is 0 Å². The summed E-state index contributed by atoms with van der Waals surface area (Å²) < 4.78 is 46.9. The summed E-state index contributed by atoms with van der Waals surface area (Å²) in [5.74, 6) is 0. The van der Waals surface area contributed by atoms with Crippen LogP contribution in [0.1, 0.15) is 39.4 Å². The fourth-order valence-corrected chi connectivity index (χ4v) is 3.54. The van der Waals surface area contributed by atoms with Crippen LogP contribution in [0.2, 0.25) is 0 Å². The Labute approximate surface area is 198 Å². The van der Waals surface area contributed by atoms with Crippen molar-refractivity contribution in [1.29, 1.82) is 0 Å². The number of benzene rings is 1. The van der Waals surface area contributed by atoms with E-state index in [-0.39, 0.29) is 6.10 Å². The Bertz CT molecular complexity index is 665. The van der Waals surface area contributed by atoms with E-state index in [1.165, 1.54) is 0 Å². The van der Waals surface area contributed by atoms with E-state index < -0.39 is 18.3 Å². The lowest BCUT2D eigenvalue weighted by atomic mass is 9.75. The fourth-order valence-electron chi connectivity index (χ4n) is 3.54. The van der Waals surface area contributed by atoms with Gasteiger partial charge in [0.15, 0.2) is 0 Å². The molecule has 2 aliphatic heterocycles. The van der Waals surface area contributed by atoms with Crippen LogP contribution in [0.3, 0.4) is 0 Å². The Morgan fingerprint density at radius 3 is 1.64 bits per heavy atom. The summed E-state index contributed by atoms with van der Waals surface area (Å²) in [5, 5.41) is 0. The summed E-state index contributed by atoms with van der Waals surface area (Å²) >= 11 is 0. The molecule has 1 atom stereocenters. The summed E-state index contributed by atoms with van der Waals surface area (Å²) in [5.41, 5.74) is 1.10. The second kappa shape index (κ2) is 13.2. The van der Waals surface area contributed by atoms with Crippen molar-refractivity contribution in [1.82, 2.24) is 0 Å². The molecule has 2 fully saturated rings. The minimum atomic E-state index is -0.473. The lowest BCUT2D eigenvalue weighted by Crippen LogP contribution is -2.41. The molecule has 2 saturated heterocycles. The molecule has 9 heteroatoms. The molecule has 1 unspecified atom stereocenters. The Balaban J connectivity index is 1.66. The zero-order valence-electron chi connectivity index (χ0n) is 20.5. The largest absolute Gasteiger partial charge is 0.495 e. The highest BCUT2D eigenvalue weighted by atomic mass is 16.7. The molecule has 0 aromatic heterocycles. The van der Waals surface area contributed by atoms with Gasteiger partial charge >= 0.3 is 7.12 Å². The standard InChI is InChI=1S/C24H39BO8/c1-23(2)24(3,4)33-25(32-23)21-8-6-5-7-20(21)22-19-30-16-15-28-12-11-26-9-10-27-13-14-29-17-18-31-22/h5-8,22H,9-19H2,1-4H3. The van der Waals surface area contributed by atoms with Crippen molar-refractivity contribution in [3.8, 4) is 0 Å². The summed E-state index contributed by atoms with van der Waals surface area (Å²) in [4.78, 5) is 0. The van der Waals surface area contributed by atoms with E-state index in [1.54, 1.807) is 0 Å². The van der Waals surface area contributed by atoms with Crippen LogP contribution < -0.4 is 5.46 Å². The van der Waals surface area contributed by atoms with Gasteiger partial charge in [0.05, 0.1) is 83.9 Å². The van der Waals surface area contributed by atoms with Crippen molar-refractivity contribution >= 4 is 12.6 Å². The van der Waals surface area contributed by atoms with Crippen LogP contribution in [0.25, 0.3) is 0 Å². The number of rotatable bonds is 2. The van der Waals surface area contributed by atoms with Gasteiger partial charge in [0.25, 0.3) is 0 Å². The van der Waals surface area contributed by atoms with Gasteiger partial charge < -0.3 is 37.7 Å². The third-order valence-electron chi connectivity index (χ3n) is 6.15. The van der Waals surface area contributed by atoms with Crippen molar-refractivity contribution in [3.63, 3.8) is 0 Å². The van der Waals surface area contributed by atoms with Gasteiger partial charge in [0.1, 0.15) is 6.10 Å². The molecule has 8 nitrogen and oxygen atoms in total. The third-order valence-corrected chi connectivity index (χ3v) is 6.15. The highest BCUT2D eigenvalue weighted by Crippen LogP contribution is 2.37. The zero-order chi connectivity index (χ0) is 23.6. The van der Waals surface area contributed by atoms with Gasteiger partial charge in [-0.3, -0.25) is 0 Å². The Hall–Kier alpha value is -1.04. The lowest BCUT2D eigenvalue weighted by molar-refractivity contribution is -0.0614. The molecular weight excluding hydrogens is 427 g/mol. The second-order valence-corrected chi connectivity index (χ2v) is 9.10. The van der Waals surface area contributed by atoms with E-state index in [1.807, 2.05) is 24.3 Å². The van der Waals surface area contributed by atoms with Gasteiger partial charge in [-0.1, -0.05) is 24.3 Å². The van der Waals surface area contributed by atoms with Crippen molar-refractivity contribution in [3.05, 3.63) is 29.8 Å². The van der Waals surface area contributed by atoms with Crippen LogP contribution in [-0.2, 0) is 37.7 Å². The maximum atomic E-state index is 6.31. The molecule has 0 amide bonds. The smallest absolute Gasteiger partial charge is 0.399 e. The van der Waals surface area contributed by atoms with Gasteiger partial charge in [0.2, 0.25) is 0 Å². The van der Waals surface area contributed by atoms with E-state index >= 15 is 0 Å². The molecule has 0 N–H and O–H groups in total. The quantitative estimate of drug-likeness (QED) is 0.614. The molecule has 2 aliphatic rings. The Morgan fingerprint density at radius 2 is 1.09 bits per heavy atom. The highest BCUT2D eigenvalue weighted by molar-refractivity contribution is 6.62. The maximum Gasteiger partial charge on any atom is 0.495 e. The Morgan fingerprint density at radius 1 is 0.636 bits per heavy atom. The fraction of sp³-hybridized carbons (Fsp3) is 0.750. The molecule has 1 aromatic rings. The van der Waals surface area contributed by atoms with E-state index in [9.17, 15) is 0 Å². The lowest BCUT2D eigenvalue weighted by Gasteiger charge is -2.32. The highest BCUT2D eigenvalue weighted by Gasteiger charge is 2.52. The molecule has 2 heterocycles. The van der Waals surface area contributed by atoms with Crippen LogP contribution >= 0.6 is 0 Å². The average Bonchev–Trinajstić information content (AvgIpc) is 3.00. The number of hydrogen-bond acceptors (Lipinski definition) is 8. The summed E-state index contributed by atoms with van der Waals surface area (Å²) in [6.45, 7) is 13.7. The minimum absolute atomic E-state index is 0.290. The normalized spacial score (nSPS) is 26.4. The minimum Gasteiger partial charge on any atom is -0.399 e. The van der Waals surface area contributed by atoms with E-state index in [0.717, 1.165) is 11.0 Å². The first-order valence-corrected chi connectivity index (χ1v) is 11.9. The molecule has 1 aromatic carbocycles. The average molecular weight is 466 g/mol. The van der Waals surface area contributed by atoms with E-state index in [4.69, 9.17) is 37.7 Å². The predicted octanol–water partition coefficient (Wildman–Crippen LogP) is 2.14. The molecule has 33 heavy (non-hydrogen) atoms. The van der Waals surface area contributed by atoms with E-state index in [2.05, 4.69) is 27.7 Å². The van der Waals surface area contributed by atoms with Gasteiger partial charge in [-0.05, 0) is 38.7 Å². The topological polar surface area (TPSA) is 73.8 Å². The maximum absolute atomic E-state index is 6.31. The van der Waals surface area contributed by atoms with Crippen molar-refractivity contribution < 1.29 is 37.7 Å². The van der Waals surface area contributed by atoms with Crippen molar-refractivity contribution in [2.75, 3.05) is 72.7 Å². The molecule has 0 spiro atoms. The summed E-state index contributed by atoms with van der Waals surface area (Å²) in [6.07, 6.45) is -0.290. The molecule has 0 radical (unpaired) electrons. The summed E-state index contributed by atoms with van der Waals surface area (Å²) in [7, 11) is -0.473. The first-order valence-electron chi connectivity index (χ1n) is 11.9. The van der Waals surface area contributed by atoms with Gasteiger partial charge in [0, 0.05) is 0 Å². The zero-order valence-corrected chi connectivity index (χ0v) is 20.5. The molecular formula is C24H39BO8. The van der Waals surface area contributed by atoms with Crippen molar-refractivity contribution in [2.45, 2.75) is 45.0 Å². The van der Waals surface area contributed by atoms with Gasteiger partial charge in [-0.15, -0.1) is 0 Å². The molecule has 186 valence electrons. The number of hydrogen-bond donors (Lipinski definition) is 0. The van der Waals surface area contributed by atoms with Gasteiger partial charge in [-0.2, -0.15) is 0 Å². The van der Waals surface area contributed by atoms with Crippen LogP contribution in [0.4, 0.5) is 0 Å². The molecule has 0 bridgehead atoms. The molecule has 3 rings (SSSR count). The third kappa shape index (κ3) is 8.01. The first kappa shape index (κ1) is 26.6. The van der Waals surface area contributed by atoms with Crippen LogP contribution in [0.15, 0.2) is 24.3 Å². The first-order chi connectivity index (χ1) is 15.9. The summed E-state index contributed by atoms with van der Waals surface area (Å²) in [6, 6.07) is 8.06. The predicted molar refractivity (Wildman–Crippen MR) is 125 cm³/mol. The number of ether oxygens (including phenoxy) is 6. The Kier molecular flexibility index (Phi) is 10.6. The van der Waals surface area contributed by atoms with Gasteiger partial charge in [-0.25, -0.2) is 0 Å². The molecule has 0 aliphatic carbocycles. The SMILES string of the molecule is CC1(C)OB(c2ccccc2C2COCCOCCOCCOCCOCCO2)OC1(C)C. The molecule has 0 saturated carbocycles. The van der Waals surface area contributed by atoms with Crippen molar-refractivity contribution in [2.24, 2.45) is 0 Å². The van der Waals surface area contributed by atoms with E-state index in [0.29, 0.717) is 72.7 Å².